The van der Waals surface area contributed by atoms with Crippen molar-refractivity contribution in [1.29, 1.82) is 0 Å². The summed E-state index contributed by atoms with van der Waals surface area (Å²) in [7, 11) is 0. The van der Waals surface area contributed by atoms with Crippen molar-refractivity contribution in [2.45, 2.75) is 46.6 Å². The van der Waals surface area contributed by atoms with Crippen LogP contribution in [0.2, 0.25) is 0 Å². The molecule has 0 radical (unpaired) electrons. The highest BCUT2D eigenvalue weighted by Gasteiger charge is 2.22. The van der Waals surface area contributed by atoms with Crippen LogP contribution in [0.3, 0.4) is 0 Å². The molecule has 0 aliphatic rings. The normalized spacial score (nSPS) is 11.8. The lowest BCUT2D eigenvalue weighted by Crippen LogP contribution is -2.21. The number of aliphatic hydroxyl groups is 1. The van der Waals surface area contributed by atoms with E-state index < -0.39 is 5.97 Å². The molecule has 0 aliphatic carbocycles. The molecule has 2 N–H and O–H groups in total. The van der Waals surface area contributed by atoms with Gasteiger partial charge in [0.05, 0.1) is 18.3 Å². The Morgan fingerprint density at radius 2 is 1.89 bits per heavy atom. The van der Waals surface area contributed by atoms with E-state index in [0.29, 0.717) is 22.7 Å². The minimum Gasteiger partial charge on any atom is -0.484 e. The van der Waals surface area contributed by atoms with Crippen LogP contribution in [0.25, 0.3) is 0 Å². The summed E-state index contributed by atoms with van der Waals surface area (Å²) in [6, 6.07) is 7.43. The molecule has 1 aromatic carbocycles. The number of thiophene rings is 1. The zero-order valence-corrected chi connectivity index (χ0v) is 17.5. The van der Waals surface area contributed by atoms with Crippen molar-refractivity contribution < 1.29 is 24.2 Å². The summed E-state index contributed by atoms with van der Waals surface area (Å²) in [4.78, 5) is 25.4. The van der Waals surface area contributed by atoms with Gasteiger partial charge in [0, 0.05) is 4.88 Å². The monoisotopic (exact) mass is 405 g/mol. The van der Waals surface area contributed by atoms with Crippen molar-refractivity contribution in [2.24, 2.45) is 0 Å². The highest BCUT2D eigenvalue weighted by Crippen LogP contribution is 2.33. The lowest BCUT2D eigenvalue weighted by atomic mass is 10.1. The average Bonchev–Trinajstić information content (AvgIpc) is 2.92. The van der Waals surface area contributed by atoms with Crippen LogP contribution in [-0.2, 0) is 16.0 Å². The Balaban J connectivity index is 1.94. The number of rotatable bonds is 9. The van der Waals surface area contributed by atoms with Gasteiger partial charge in [-0.05, 0) is 63.8 Å². The Labute approximate surface area is 169 Å². The molecule has 152 valence electrons. The first-order valence-electron chi connectivity index (χ1n) is 9.28. The number of hydrogen-bond donors (Lipinski definition) is 2. The average molecular weight is 406 g/mol. The number of benzene rings is 1. The molecular formula is C21H27NO5S. The van der Waals surface area contributed by atoms with Gasteiger partial charge in [-0.25, -0.2) is 4.79 Å². The van der Waals surface area contributed by atoms with Gasteiger partial charge in [-0.3, -0.25) is 4.79 Å². The first kappa shape index (κ1) is 21.9. The second kappa shape index (κ2) is 10.2. The number of carbonyl (C=O) groups is 2. The molecule has 0 saturated heterocycles. The molecule has 28 heavy (non-hydrogen) atoms. The van der Waals surface area contributed by atoms with E-state index in [-0.39, 0.29) is 25.2 Å². The highest BCUT2D eigenvalue weighted by atomic mass is 32.1. The van der Waals surface area contributed by atoms with E-state index >= 15 is 0 Å². The maximum absolute atomic E-state index is 12.3. The number of amides is 1. The molecule has 0 bridgehead atoms. The minimum atomic E-state index is -0.437. The van der Waals surface area contributed by atoms with Crippen LogP contribution in [0.4, 0.5) is 5.00 Å². The minimum absolute atomic E-state index is 0.161. The molecular weight excluding hydrogens is 378 g/mol. The van der Waals surface area contributed by atoms with Crippen molar-refractivity contribution in [2.75, 3.05) is 18.5 Å². The first-order chi connectivity index (χ1) is 13.3. The number of esters is 1. The third kappa shape index (κ3) is 6.07. The van der Waals surface area contributed by atoms with Gasteiger partial charge in [-0.2, -0.15) is 0 Å². The fraction of sp³-hybridized carbons (Fsp3) is 0.429. The molecule has 2 aromatic rings. The van der Waals surface area contributed by atoms with E-state index in [1.54, 1.807) is 26.0 Å². The van der Waals surface area contributed by atoms with Crippen molar-refractivity contribution in [3.8, 4) is 5.75 Å². The summed E-state index contributed by atoms with van der Waals surface area (Å²) in [6.07, 6.45) is 1.15. The Kier molecular flexibility index (Phi) is 8.02. The van der Waals surface area contributed by atoms with Crippen molar-refractivity contribution in [1.82, 2.24) is 0 Å². The quantitative estimate of drug-likeness (QED) is 0.619. The molecule has 0 aliphatic heterocycles. The molecule has 7 heteroatoms. The summed E-state index contributed by atoms with van der Waals surface area (Å²) in [5.74, 6) is -0.196. The fourth-order valence-electron chi connectivity index (χ4n) is 2.60. The zero-order chi connectivity index (χ0) is 20.7. The fourth-order valence-corrected chi connectivity index (χ4v) is 3.67. The maximum atomic E-state index is 12.3. The number of ether oxygens (including phenoxy) is 2. The third-order valence-electron chi connectivity index (χ3n) is 4.26. The van der Waals surface area contributed by atoms with Crippen molar-refractivity contribution >= 4 is 28.2 Å². The van der Waals surface area contributed by atoms with E-state index in [0.717, 1.165) is 22.4 Å². The summed E-state index contributed by atoms with van der Waals surface area (Å²) in [5, 5.41) is 12.6. The summed E-state index contributed by atoms with van der Waals surface area (Å²) in [6.45, 7) is 7.35. The number of nitrogens with one attached hydrogen (secondary N) is 1. The van der Waals surface area contributed by atoms with E-state index in [1.165, 1.54) is 11.3 Å². The summed E-state index contributed by atoms with van der Waals surface area (Å²) >= 11 is 1.35. The molecule has 1 amide bonds. The van der Waals surface area contributed by atoms with Gasteiger partial charge < -0.3 is 19.9 Å². The van der Waals surface area contributed by atoms with E-state index in [1.807, 2.05) is 26.0 Å². The summed E-state index contributed by atoms with van der Waals surface area (Å²) < 4.78 is 10.6. The zero-order valence-electron chi connectivity index (χ0n) is 16.7. The van der Waals surface area contributed by atoms with Gasteiger partial charge in [0.25, 0.3) is 5.91 Å². The van der Waals surface area contributed by atoms with E-state index in [4.69, 9.17) is 9.47 Å². The van der Waals surface area contributed by atoms with Gasteiger partial charge in [0.1, 0.15) is 10.8 Å². The smallest absolute Gasteiger partial charge is 0.341 e. The van der Waals surface area contributed by atoms with Gasteiger partial charge in [-0.1, -0.05) is 12.1 Å². The van der Waals surface area contributed by atoms with Crippen LogP contribution in [0.15, 0.2) is 24.3 Å². The van der Waals surface area contributed by atoms with Gasteiger partial charge in [-0.15, -0.1) is 11.3 Å². The largest absolute Gasteiger partial charge is 0.484 e. The number of aryl methyl sites for hydroxylation is 2. The lowest BCUT2D eigenvalue weighted by Gasteiger charge is -2.09. The number of aliphatic hydroxyl groups excluding tert-OH is 1. The Morgan fingerprint density at radius 1 is 1.21 bits per heavy atom. The molecule has 1 heterocycles. The Morgan fingerprint density at radius 3 is 2.50 bits per heavy atom. The van der Waals surface area contributed by atoms with Gasteiger partial charge in [0.15, 0.2) is 6.61 Å². The molecule has 0 saturated carbocycles. The van der Waals surface area contributed by atoms with Crippen LogP contribution in [0, 0.1) is 13.8 Å². The van der Waals surface area contributed by atoms with Crippen LogP contribution >= 0.6 is 11.3 Å². The van der Waals surface area contributed by atoms with Crippen LogP contribution in [-0.4, -0.2) is 36.3 Å². The molecule has 1 aromatic heterocycles. The van der Waals surface area contributed by atoms with Crippen molar-refractivity contribution in [3.05, 3.63) is 45.8 Å². The lowest BCUT2D eigenvalue weighted by molar-refractivity contribution is -0.118. The molecule has 6 nitrogen and oxygen atoms in total. The molecule has 0 unspecified atom stereocenters. The van der Waals surface area contributed by atoms with Crippen LogP contribution in [0.1, 0.15) is 46.6 Å². The molecule has 2 rings (SSSR count). The van der Waals surface area contributed by atoms with E-state index in [2.05, 4.69) is 5.32 Å². The van der Waals surface area contributed by atoms with E-state index in [9.17, 15) is 14.7 Å². The summed E-state index contributed by atoms with van der Waals surface area (Å²) in [5.41, 5.74) is 2.31. The SMILES string of the molecule is CCOC(=O)c1c(NC(=O)COc2ccc(CC[C@H](C)O)cc2)sc(C)c1C. The predicted molar refractivity (Wildman–Crippen MR) is 110 cm³/mol. The van der Waals surface area contributed by atoms with Gasteiger partial charge in [0.2, 0.25) is 0 Å². The third-order valence-corrected chi connectivity index (χ3v) is 5.38. The molecule has 0 fully saturated rings. The topological polar surface area (TPSA) is 84.9 Å². The number of hydrogen-bond acceptors (Lipinski definition) is 6. The second-order valence-electron chi connectivity index (χ2n) is 6.58. The number of carbonyl (C=O) groups excluding carboxylic acids is 2. The van der Waals surface area contributed by atoms with Crippen molar-refractivity contribution in [3.63, 3.8) is 0 Å². The van der Waals surface area contributed by atoms with Crippen LogP contribution in [0.5, 0.6) is 5.75 Å². The predicted octanol–water partition coefficient (Wildman–Crippen LogP) is 3.87. The Bertz CT molecular complexity index is 811. The highest BCUT2D eigenvalue weighted by molar-refractivity contribution is 7.16. The number of anilines is 1. The van der Waals surface area contributed by atoms with Gasteiger partial charge >= 0.3 is 5.97 Å². The standard InChI is InChI=1S/C21H27NO5S/c1-5-26-21(25)19-14(3)15(4)28-20(19)22-18(24)12-27-17-10-8-16(9-11-17)7-6-13(2)23/h8-11,13,23H,5-7,12H2,1-4H3,(H,22,24)/t13-/m0/s1. The maximum Gasteiger partial charge on any atom is 0.341 e. The second-order valence-corrected chi connectivity index (χ2v) is 7.80. The molecule has 1 atom stereocenters. The molecule has 0 spiro atoms. The van der Waals surface area contributed by atoms with Crippen LogP contribution < -0.4 is 10.1 Å². The first-order valence-corrected chi connectivity index (χ1v) is 10.1. The Hall–Kier alpha value is -2.38.